The van der Waals surface area contributed by atoms with Crippen LogP contribution in [0.1, 0.15) is 0 Å². The first kappa shape index (κ1) is 37.3. The molecule has 0 aliphatic heterocycles. The summed E-state index contributed by atoms with van der Waals surface area (Å²) in [5.41, 5.74) is 16.8. The minimum atomic E-state index is 0.905. The van der Waals surface area contributed by atoms with Crippen molar-refractivity contribution in [1.82, 2.24) is 0 Å². The van der Waals surface area contributed by atoms with Crippen molar-refractivity contribution in [2.75, 3.05) is 4.90 Å². The molecule has 1 aromatic heterocycles. The Kier molecular flexibility index (Phi) is 9.20. The molecule has 0 aliphatic carbocycles. The number of para-hydroxylation sites is 2. The second-order valence-corrected chi connectivity index (χ2v) is 16.5. The van der Waals surface area contributed by atoms with Crippen LogP contribution in [0.5, 0.6) is 0 Å². The van der Waals surface area contributed by atoms with Crippen molar-refractivity contribution in [3.63, 3.8) is 0 Å². The zero-order valence-electron chi connectivity index (χ0n) is 35.0. The van der Waals surface area contributed by atoms with E-state index in [4.69, 9.17) is 4.42 Å². The molecule has 11 aromatic carbocycles. The van der Waals surface area contributed by atoms with Crippen LogP contribution >= 0.6 is 0 Å². The van der Waals surface area contributed by atoms with Gasteiger partial charge in [0.05, 0.1) is 0 Å². The van der Waals surface area contributed by atoms with Gasteiger partial charge in [-0.05, 0) is 126 Å². The van der Waals surface area contributed by atoms with Gasteiger partial charge < -0.3 is 9.32 Å². The van der Waals surface area contributed by atoms with Crippen LogP contribution in [0.3, 0.4) is 0 Å². The molecule has 0 N–H and O–H groups in total. The lowest BCUT2D eigenvalue weighted by atomic mass is 9.97. The summed E-state index contributed by atoms with van der Waals surface area (Å²) in [6.07, 6.45) is 0. The summed E-state index contributed by atoms with van der Waals surface area (Å²) in [4.78, 5) is 2.34. The van der Waals surface area contributed by atoms with E-state index in [2.05, 4.69) is 241 Å². The van der Waals surface area contributed by atoms with Gasteiger partial charge in [-0.1, -0.05) is 194 Å². The largest absolute Gasteiger partial charge is 0.455 e. The van der Waals surface area contributed by atoms with Crippen LogP contribution < -0.4 is 4.90 Å². The fraction of sp³-hybridized carbons (Fsp3) is 0. The van der Waals surface area contributed by atoms with E-state index < -0.39 is 0 Å². The maximum absolute atomic E-state index is 6.42. The van der Waals surface area contributed by atoms with Gasteiger partial charge in [-0.25, -0.2) is 0 Å². The van der Waals surface area contributed by atoms with Crippen molar-refractivity contribution >= 4 is 60.5 Å². The van der Waals surface area contributed by atoms with Gasteiger partial charge in [0.15, 0.2) is 0 Å². The van der Waals surface area contributed by atoms with Gasteiger partial charge in [0, 0.05) is 33.4 Å². The lowest BCUT2D eigenvalue weighted by Crippen LogP contribution is -2.09. The minimum Gasteiger partial charge on any atom is -0.455 e. The van der Waals surface area contributed by atoms with Crippen molar-refractivity contribution in [3.05, 3.63) is 249 Å². The first-order valence-corrected chi connectivity index (χ1v) is 21.9. The van der Waals surface area contributed by atoms with Gasteiger partial charge in [0.25, 0.3) is 0 Å². The smallest absolute Gasteiger partial charge is 0.143 e. The van der Waals surface area contributed by atoms with Gasteiger partial charge in [0.1, 0.15) is 11.2 Å². The SMILES string of the molecule is c1ccc2cc(-c3ccc(-c4ccc(-c5ccc(N(c6ccc(-c7ccc8ccccc8c7)cc6)c6ccc(-c7cccc8c7oc7ccccc78)cc6)cc5)cc4)cc3)ccc2c1. The molecule has 0 fully saturated rings. The Balaban J connectivity index is 0.847. The molecule has 2 nitrogen and oxygen atoms in total. The third-order valence-electron chi connectivity index (χ3n) is 12.7. The molecule has 12 aromatic rings. The second kappa shape index (κ2) is 15.8. The van der Waals surface area contributed by atoms with Crippen LogP contribution in [0.4, 0.5) is 17.1 Å². The van der Waals surface area contributed by atoms with Crippen molar-refractivity contribution in [3.8, 4) is 55.6 Å². The van der Waals surface area contributed by atoms with E-state index in [0.29, 0.717) is 0 Å². The van der Waals surface area contributed by atoms with E-state index in [1.54, 1.807) is 0 Å². The van der Waals surface area contributed by atoms with Crippen LogP contribution in [0.15, 0.2) is 253 Å². The number of benzene rings is 11. The van der Waals surface area contributed by atoms with Crippen molar-refractivity contribution in [2.45, 2.75) is 0 Å². The maximum Gasteiger partial charge on any atom is 0.143 e. The fourth-order valence-corrected chi connectivity index (χ4v) is 9.27. The Morgan fingerprint density at radius 1 is 0.250 bits per heavy atom. The third kappa shape index (κ3) is 6.88. The number of fused-ring (bicyclic) bond motifs is 5. The lowest BCUT2D eigenvalue weighted by Gasteiger charge is -2.26. The molecule has 0 radical (unpaired) electrons. The Morgan fingerprint density at radius 3 is 1.09 bits per heavy atom. The monoisotopic (exact) mass is 815 g/mol. The summed E-state index contributed by atoms with van der Waals surface area (Å²) in [6.45, 7) is 0. The Morgan fingerprint density at radius 2 is 0.609 bits per heavy atom. The van der Waals surface area contributed by atoms with Crippen LogP contribution in [0, 0.1) is 0 Å². The number of anilines is 3. The van der Waals surface area contributed by atoms with Crippen LogP contribution in [0.25, 0.3) is 99.1 Å². The van der Waals surface area contributed by atoms with Crippen LogP contribution in [-0.2, 0) is 0 Å². The van der Waals surface area contributed by atoms with Crippen LogP contribution in [-0.4, -0.2) is 0 Å². The second-order valence-electron chi connectivity index (χ2n) is 16.5. The Labute approximate surface area is 372 Å². The molecule has 0 spiro atoms. The molecule has 64 heavy (non-hydrogen) atoms. The predicted molar refractivity (Wildman–Crippen MR) is 271 cm³/mol. The maximum atomic E-state index is 6.42. The van der Waals surface area contributed by atoms with Gasteiger partial charge in [-0.15, -0.1) is 0 Å². The summed E-state index contributed by atoms with van der Waals surface area (Å²) in [5.74, 6) is 0. The first-order chi connectivity index (χ1) is 31.7. The summed E-state index contributed by atoms with van der Waals surface area (Å²) >= 11 is 0. The molecule has 2 heteroatoms. The van der Waals surface area contributed by atoms with E-state index in [9.17, 15) is 0 Å². The van der Waals surface area contributed by atoms with Gasteiger partial charge >= 0.3 is 0 Å². The summed E-state index contributed by atoms with van der Waals surface area (Å²) in [6, 6.07) is 89.6. The molecule has 0 saturated carbocycles. The molecule has 0 bridgehead atoms. The number of hydrogen-bond acceptors (Lipinski definition) is 2. The molecule has 300 valence electrons. The summed E-state index contributed by atoms with van der Waals surface area (Å²) in [5, 5.41) is 7.28. The van der Waals surface area contributed by atoms with E-state index in [-0.39, 0.29) is 0 Å². The standard InChI is InChI=1S/C62H41NO/c1-3-10-51-40-53(26-24-42(51)8-1)48-22-20-45(21-23-48)44-16-18-46(19-17-44)47-28-34-55(35-29-47)63(56-36-30-49(31-37-56)54-27-25-43-9-2-4-11-52(43)41-54)57-38-32-50(33-39-57)58-13-7-14-60-59-12-5-6-15-61(59)64-62(58)60/h1-41H. The highest BCUT2D eigenvalue weighted by Crippen LogP contribution is 2.40. The zero-order chi connectivity index (χ0) is 42.4. The number of nitrogens with zero attached hydrogens (tertiary/aromatic N) is 1. The minimum absolute atomic E-state index is 0.905. The highest BCUT2D eigenvalue weighted by Gasteiger charge is 2.16. The first-order valence-electron chi connectivity index (χ1n) is 21.9. The van der Waals surface area contributed by atoms with Crippen molar-refractivity contribution in [2.24, 2.45) is 0 Å². The average Bonchev–Trinajstić information content (AvgIpc) is 3.76. The molecule has 0 amide bonds. The molecule has 1 heterocycles. The third-order valence-corrected chi connectivity index (χ3v) is 12.7. The molecular weight excluding hydrogens is 775 g/mol. The summed E-state index contributed by atoms with van der Waals surface area (Å²) in [7, 11) is 0. The number of furan rings is 1. The van der Waals surface area contributed by atoms with E-state index >= 15 is 0 Å². The highest BCUT2D eigenvalue weighted by atomic mass is 16.3. The Bertz CT molecular complexity index is 3620. The van der Waals surface area contributed by atoms with Crippen molar-refractivity contribution < 1.29 is 4.42 Å². The quantitative estimate of drug-likeness (QED) is 0.152. The van der Waals surface area contributed by atoms with Crippen LogP contribution in [0.2, 0.25) is 0 Å². The number of rotatable bonds is 8. The van der Waals surface area contributed by atoms with E-state index in [1.807, 2.05) is 12.1 Å². The molecule has 12 rings (SSSR count). The topological polar surface area (TPSA) is 16.4 Å². The Hall–Kier alpha value is -8.46. The van der Waals surface area contributed by atoms with Gasteiger partial charge in [0.2, 0.25) is 0 Å². The molecule has 0 saturated heterocycles. The zero-order valence-corrected chi connectivity index (χ0v) is 35.0. The fourth-order valence-electron chi connectivity index (χ4n) is 9.27. The highest BCUT2D eigenvalue weighted by molar-refractivity contribution is 6.09. The average molecular weight is 816 g/mol. The molecule has 0 aliphatic rings. The van der Waals surface area contributed by atoms with E-state index in [1.165, 1.54) is 66.1 Å². The van der Waals surface area contributed by atoms with Gasteiger partial charge in [-0.3, -0.25) is 0 Å². The summed E-state index contributed by atoms with van der Waals surface area (Å²) < 4.78 is 6.42. The van der Waals surface area contributed by atoms with Gasteiger partial charge in [-0.2, -0.15) is 0 Å². The normalized spacial score (nSPS) is 11.4. The number of hydrogen-bond donors (Lipinski definition) is 0. The molecular formula is C62H41NO. The molecule has 0 unspecified atom stereocenters. The van der Waals surface area contributed by atoms with E-state index in [0.717, 1.165) is 50.1 Å². The van der Waals surface area contributed by atoms with Crippen molar-refractivity contribution in [1.29, 1.82) is 0 Å². The lowest BCUT2D eigenvalue weighted by molar-refractivity contribution is 0.670. The predicted octanol–water partition coefficient (Wildman–Crippen LogP) is 17.7. The molecule has 0 atom stereocenters.